The zero-order chi connectivity index (χ0) is 10.8. The fourth-order valence-electron chi connectivity index (χ4n) is 1.01. The van der Waals surface area contributed by atoms with Gasteiger partial charge in [-0.15, -0.1) is 11.3 Å². The Bertz CT molecular complexity index is 456. The maximum absolute atomic E-state index is 8.83. The van der Waals surface area contributed by atoms with Gasteiger partial charge < -0.3 is 15.4 Å². The number of aliphatic hydroxyl groups is 1. The first-order chi connectivity index (χ1) is 7.22. The molecule has 0 radical (unpaired) electrons. The van der Waals surface area contributed by atoms with Gasteiger partial charge in [-0.2, -0.15) is 4.98 Å². The Morgan fingerprint density at radius 2 is 2.47 bits per heavy atom. The lowest BCUT2D eigenvalue weighted by Crippen LogP contribution is -2.15. The van der Waals surface area contributed by atoms with Crippen molar-refractivity contribution in [2.45, 2.75) is 6.04 Å². The van der Waals surface area contributed by atoms with Crippen LogP contribution in [0.1, 0.15) is 11.9 Å². The van der Waals surface area contributed by atoms with Gasteiger partial charge in [0.1, 0.15) is 4.88 Å². The first kappa shape index (κ1) is 10.7. The summed E-state index contributed by atoms with van der Waals surface area (Å²) in [7, 11) is 0. The summed E-state index contributed by atoms with van der Waals surface area (Å²) in [4.78, 5) is 4.96. The van der Waals surface area contributed by atoms with Crippen molar-refractivity contribution in [2.24, 2.45) is 5.73 Å². The normalized spacial score (nSPS) is 13.0. The maximum Gasteiger partial charge on any atom is 0.269 e. The summed E-state index contributed by atoms with van der Waals surface area (Å²) in [5.41, 5.74) is 5.56. The van der Waals surface area contributed by atoms with Crippen LogP contribution in [-0.2, 0) is 0 Å². The fraction of sp³-hybridized carbons (Fsp3) is 0.250. The van der Waals surface area contributed by atoms with E-state index < -0.39 is 6.04 Å². The number of nitrogens with zero attached hydrogens (tertiary/aromatic N) is 2. The van der Waals surface area contributed by atoms with Crippen LogP contribution < -0.4 is 5.73 Å². The summed E-state index contributed by atoms with van der Waals surface area (Å²) in [5, 5.41) is 14.4. The number of rotatable bonds is 3. The quantitative estimate of drug-likeness (QED) is 0.896. The third kappa shape index (κ3) is 2.10. The number of halogens is 1. The second kappa shape index (κ2) is 4.40. The maximum atomic E-state index is 8.83. The van der Waals surface area contributed by atoms with E-state index in [-0.39, 0.29) is 6.61 Å². The molecule has 0 aliphatic heterocycles. The molecule has 0 aliphatic rings. The molecule has 0 fully saturated rings. The van der Waals surface area contributed by atoms with E-state index in [9.17, 15) is 0 Å². The Morgan fingerprint density at radius 1 is 1.67 bits per heavy atom. The van der Waals surface area contributed by atoms with E-state index in [0.717, 1.165) is 9.35 Å². The van der Waals surface area contributed by atoms with Gasteiger partial charge in [0.2, 0.25) is 0 Å². The van der Waals surface area contributed by atoms with Crippen molar-refractivity contribution in [2.75, 3.05) is 6.61 Å². The third-order valence-electron chi connectivity index (χ3n) is 1.78. The van der Waals surface area contributed by atoms with Crippen molar-refractivity contribution in [1.29, 1.82) is 0 Å². The summed E-state index contributed by atoms with van der Waals surface area (Å²) in [6.07, 6.45) is 0. The van der Waals surface area contributed by atoms with Gasteiger partial charge in [0.15, 0.2) is 5.82 Å². The van der Waals surface area contributed by atoms with Gasteiger partial charge in [-0.05, 0) is 27.4 Å². The smallest absolute Gasteiger partial charge is 0.269 e. The minimum absolute atomic E-state index is 0.204. The number of nitrogens with two attached hydrogens (primary N) is 1. The van der Waals surface area contributed by atoms with Crippen molar-refractivity contribution in [3.05, 3.63) is 21.7 Å². The number of hydrogen-bond donors (Lipinski definition) is 2. The molecule has 5 nitrogen and oxygen atoms in total. The summed E-state index contributed by atoms with van der Waals surface area (Å²) in [5.74, 6) is 0.726. The molecule has 2 heterocycles. The molecular weight excluding hydrogens is 282 g/mol. The Balaban J connectivity index is 2.32. The number of aromatic nitrogens is 2. The van der Waals surface area contributed by atoms with Crippen molar-refractivity contribution in [1.82, 2.24) is 10.1 Å². The minimum atomic E-state index is -0.596. The molecule has 1 atom stereocenters. The van der Waals surface area contributed by atoms with Gasteiger partial charge >= 0.3 is 0 Å². The second-order valence-electron chi connectivity index (χ2n) is 2.84. The Labute approximate surface area is 98.0 Å². The molecule has 2 rings (SSSR count). The summed E-state index contributed by atoms with van der Waals surface area (Å²) in [6.45, 7) is -0.204. The Kier molecular flexibility index (Phi) is 3.15. The monoisotopic (exact) mass is 289 g/mol. The average molecular weight is 290 g/mol. The Hall–Kier alpha value is -0.760. The molecular formula is C8H8BrN3O2S. The van der Waals surface area contributed by atoms with Gasteiger partial charge in [0, 0.05) is 4.47 Å². The van der Waals surface area contributed by atoms with Crippen LogP contribution in [0, 0.1) is 0 Å². The third-order valence-corrected chi connectivity index (χ3v) is 3.61. The molecule has 0 aromatic carbocycles. The molecule has 0 saturated heterocycles. The number of thiophene rings is 1. The van der Waals surface area contributed by atoms with E-state index in [4.69, 9.17) is 15.4 Å². The molecule has 2 aromatic heterocycles. The Morgan fingerprint density at radius 3 is 3.07 bits per heavy atom. The van der Waals surface area contributed by atoms with Gasteiger partial charge in [0.05, 0.1) is 12.6 Å². The average Bonchev–Trinajstić information content (AvgIpc) is 2.84. The summed E-state index contributed by atoms with van der Waals surface area (Å²) < 4.78 is 5.94. The standard InChI is InChI=1S/C8H8BrN3O2S/c9-4-1-2-15-6(4)8-11-7(12-14-8)5(10)3-13/h1-2,5,13H,3,10H2. The molecule has 0 saturated carbocycles. The van der Waals surface area contributed by atoms with Gasteiger partial charge in [-0.1, -0.05) is 5.16 Å². The summed E-state index contributed by atoms with van der Waals surface area (Å²) in [6, 6.07) is 1.30. The van der Waals surface area contributed by atoms with E-state index in [1.54, 1.807) is 0 Å². The molecule has 0 amide bonds. The number of hydrogen-bond acceptors (Lipinski definition) is 6. The van der Waals surface area contributed by atoms with Crippen LogP contribution in [0.5, 0.6) is 0 Å². The van der Waals surface area contributed by atoms with Crippen LogP contribution >= 0.6 is 27.3 Å². The lowest BCUT2D eigenvalue weighted by atomic mass is 10.3. The highest BCUT2D eigenvalue weighted by molar-refractivity contribution is 9.10. The first-order valence-electron chi connectivity index (χ1n) is 4.15. The molecule has 0 spiro atoms. The number of aliphatic hydroxyl groups excluding tert-OH is 1. The molecule has 3 N–H and O–H groups in total. The largest absolute Gasteiger partial charge is 0.394 e. The van der Waals surface area contributed by atoms with Crippen molar-refractivity contribution < 1.29 is 9.63 Å². The van der Waals surface area contributed by atoms with Gasteiger partial charge in [-0.25, -0.2) is 0 Å². The predicted octanol–water partition coefficient (Wildman–Crippen LogP) is 1.55. The van der Waals surface area contributed by atoms with Gasteiger partial charge in [0.25, 0.3) is 5.89 Å². The van der Waals surface area contributed by atoms with E-state index >= 15 is 0 Å². The highest BCUT2D eigenvalue weighted by atomic mass is 79.9. The van der Waals surface area contributed by atoms with E-state index in [1.807, 2.05) is 11.4 Å². The van der Waals surface area contributed by atoms with Gasteiger partial charge in [-0.3, -0.25) is 0 Å². The van der Waals surface area contributed by atoms with Crippen LogP contribution in [0.15, 0.2) is 20.4 Å². The topological polar surface area (TPSA) is 85.2 Å². The van der Waals surface area contributed by atoms with Crippen LogP contribution in [-0.4, -0.2) is 21.9 Å². The lowest BCUT2D eigenvalue weighted by Gasteiger charge is -1.98. The van der Waals surface area contributed by atoms with Crippen molar-refractivity contribution >= 4 is 27.3 Å². The van der Waals surface area contributed by atoms with Crippen LogP contribution in [0.2, 0.25) is 0 Å². The van der Waals surface area contributed by atoms with Crippen LogP contribution in [0.3, 0.4) is 0 Å². The van der Waals surface area contributed by atoms with Crippen molar-refractivity contribution in [3.8, 4) is 10.8 Å². The molecule has 2 aromatic rings. The van der Waals surface area contributed by atoms with Crippen LogP contribution in [0.4, 0.5) is 0 Å². The van der Waals surface area contributed by atoms with E-state index in [0.29, 0.717) is 11.7 Å². The molecule has 0 bridgehead atoms. The first-order valence-corrected chi connectivity index (χ1v) is 5.83. The molecule has 7 heteroatoms. The van der Waals surface area contributed by atoms with Crippen LogP contribution in [0.25, 0.3) is 10.8 Å². The minimum Gasteiger partial charge on any atom is -0.394 e. The van der Waals surface area contributed by atoms with E-state index in [2.05, 4.69) is 26.1 Å². The summed E-state index contributed by atoms with van der Waals surface area (Å²) >= 11 is 4.86. The predicted molar refractivity (Wildman–Crippen MR) is 59.3 cm³/mol. The van der Waals surface area contributed by atoms with Crippen molar-refractivity contribution in [3.63, 3.8) is 0 Å². The fourth-order valence-corrected chi connectivity index (χ4v) is 2.47. The molecule has 80 valence electrons. The molecule has 0 aliphatic carbocycles. The second-order valence-corrected chi connectivity index (χ2v) is 4.61. The SMILES string of the molecule is NC(CO)c1noc(-c2sccc2Br)n1. The zero-order valence-corrected chi connectivity index (χ0v) is 9.96. The van der Waals surface area contributed by atoms with E-state index in [1.165, 1.54) is 11.3 Å². The molecule has 1 unspecified atom stereocenters. The highest BCUT2D eigenvalue weighted by Gasteiger charge is 2.16. The highest BCUT2D eigenvalue weighted by Crippen LogP contribution is 2.32. The zero-order valence-electron chi connectivity index (χ0n) is 7.55. The lowest BCUT2D eigenvalue weighted by molar-refractivity contribution is 0.260. The molecule has 15 heavy (non-hydrogen) atoms.